The summed E-state index contributed by atoms with van der Waals surface area (Å²) in [7, 11) is 1.64. The first kappa shape index (κ1) is 16.4. The molecule has 3 N–H and O–H groups in total. The van der Waals surface area contributed by atoms with Gasteiger partial charge in [-0.3, -0.25) is 4.79 Å². The van der Waals surface area contributed by atoms with Crippen LogP contribution in [0.25, 0.3) is 0 Å². The summed E-state index contributed by atoms with van der Waals surface area (Å²) < 4.78 is 5.09. The van der Waals surface area contributed by atoms with Crippen LogP contribution in [-0.2, 0) is 11.2 Å². The van der Waals surface area contributed by atoms with Crippen molar-refractivity contribution in [2.75, 3.05) is 13.7 Å². The molecule has 0 spiro atoms. The van der Waals surface area contributed by atoms with Gasteiger partial charge in [0.25, 0.3) is 0 Å². The van der Waals surface area contributed by atoms with Gasteiger partial charge in [-0.15, -0.1) is 0 Å². The van der Waals surface area contributed by atoms with Crippen molar-refractivity contribution < 1.29 is 9.53 Å². The Morgan fingerprint density at radius 1 is 1.25 bits per heavy atom. The molecule has 110 valence electrons. The Kier molecular flexibility index (Phi) is 7.65. The molecule has 4 nitrogen and oxygen atoms in total. The summed E-state index contributed by atoms with van der Waals surface area (Å²) in [5.41, 5.74) is 6.54. The van der Waals surface area contributed by atoms with Crippen LogP contribution in [-0.4, -0.2) is 24.6 Å². The van der Waals surface area contributed by atoms with Crippen molar-refractivity contribution in [3.63, 3.8) is 0 Å². The fourth-order valence-corrected chi connectivity index (χ4v) is 1.93. The molecule has 20 heavy (non-hydrogen) atoms. The third-order valence-electron chi connectivity index (χ3n) is 2.97. The number of carbonyl (C=O) groups is 1. The largest absolute Gasteiger partial charge is 0.497 e. The van der Waals surface area contributed by atoms with Gasteiger partial charge in [-0.05, 0) is 43.4 Å². The van der Waals surface area contributed by atoms with Gasteiger partial charge >= 0.3 is 0 Å². The van der Waals surface area contributed by atoms with Crippen LogP contribution >= 0.6 is 12.2 Å². The van der Waals surface area contributed by atoms with Crippen LogP contribution in [0.4, 0.5) is 0 Å². The van der Waals surface area contributed by atoms with Crippen molar-refractivity contribution in [2.45, 2.75) is 32.1 Å². The van der Waals surface area contributed by atoms with Gasteiger partial charge in [-0.1, -0.05) is 24.4 Å². The maximum absolute atomic E-state index is 11.7. The molecule has 0 atom stereocenters. The number of hydrogen-bond acceptors (Lipinski definition) is 3. The first-order valence-electron chi connectivity index (χ1n) is 6.79. The molecule has 0 heterocycles. The van der Waals surface area contributed by atoms with E-state index >= 15 is 0 Å². The Balaban J connectivity index is 2.14. The van der Waals surface area contributed by atoms with Crippen LogP contribution in [0.1, 0.15) is 31.2 Å². The highest BCUT2D eigenvalue weighted by atomic mass is 32.1. The summed E-state index contributed by atoms with van der Waals surface area (Å²) in [4.78, 5) is 12.2. The Morgan fingerprint density at radius 2 is 1.95 bits per heavy atom. The maximum Gasteiger partial charge on any atom is 0.220 e. The minimum Gasteiger partial charge on any atom is -0.497 e. The monoisotopic (exact) mass is 294 g/mol. The number of methoxy groups -OCH3 is 1. The number of aryl methyl sites for hydroxylation is 1. The maximum atomic E-state index is 11.7. The van der Waals surface area contributed by atoms with Crippen LogP contribution in [0.3, 0.4) is 0 Å². The molecule has 1 aromatic rings. The third kappa shape index (κ3) is 7.09. The Labute approximate surface area is 125 Å². The highest BCUT2D eigenvalue weighted by Gasteiger charge is 2.02. The number of ether oxygens (including phenoxy) is 1. The van der Waals surface area contributed by atoms with Crippen LogP contribution in [0, 0.1) is 0 Å². The predicted octanol–water partition coefficient (Wildman–Crippen LogP) is 2.20. The molecular formula is C15H22N2O2S. The average Bonchev–Trinajstić information content (AvgIpc) is 2.45. The number of amides is 1. The molecule has 0 saturated heterocycles. The lowest BCUT2D eigenvalue weighted by Crippen LogP contribution is -2.24. The summed E-state index contributed by atoms with van der Waals surface area (Å²) in [5, 5.41) is 2.90. The number of benzene rings is 1. The number of nitrogens with one attached hydrogen (secondary N) is 1. The zero-order chi connectivity index (χ0) is 14.8. The zero-order valence-corrected chi connectivity index (χ0v) is 12.7. The second kappa shape index (κ2) is 9.31. The second-order valence-corrected chi connectivity index (χ2v) is 5.15. The molecule has 1 rings (SSSR count). The molecule has 1 amide bonds. The number of nitrogens with two attached hydrogens (primary N) is 1. The van der Waals surface area contributed by atoms with E-state index in [4.69, 9.17) is 22.7 Å². The number of thiocarbonyl (C=S) groups is 1. The van der Waals surface area contributed by atoms with Gasteiger partial charge in [-0.2, -0.15) is 0 Å². The normalized spacial score (nSPS) is 10.1. The van der Waals surface area contributed by atoms with Crippen LogP contribution < -0.4 is 15.8 Å². The molecule has 0 radical (unpaired) electrons. The summed E-state index contributed by atoms with van der Waals surface area (Å²) in [5.74, 6) is 0.909. The van der Waals surface area contributed by atoms with E-state index < -0.39 is 0 Å². The lowest BCUT2D eigenvalue weighted by atomic mass is 10.1. The minimum atomic E-state index is 0.0798. The van der Waals surface area contributed by atoms with Crippen molar-refractivity contribution >= 4 is 23.1 Å². The number of carbonyl (C=O) groups excluding carboxylic acids is 1. The molecule has 0 bridgehead atoms. The highest BCUT2D eigenvalue weighted by Crippen LogP contribution is 2.12. The van der Waals surface area contributed by atoms with Crippen molar-refractivity contribution in [2.24, 2.45) is 5.73 Å². The van der Waals surface area contributed by atoms with Crippen LogP contribution in [0.2, 0.25) is 0 Å². The Hall–Kier alpha value is -1.62. The van der Waals surface area contributed by atoms with Crippen molar-refractivity contribution in [1.82, 2.24) is 5.32 Å². The first-order chi connectivity index (χ1) is 9.61. The van der Waals surface area contributed by atoms with Gasteiger partial charge in [0.1, 0.15) is 5.75 Å². The second-order valence-electron chi connectivity index (χ2n) is 4.62. The summed E-state index contributed by atoms with van der Waals surface area (Å²) in [6.07, 6.45) is 3.82. The van der Waals surface area contributed by atoms with Crippen molar-refractivity contribution in [1.29, 1.82) is 0 Å². The molecular weight excluding hydrogens is 272 g/mol. The Morgan fingerprint density at radius 3 is 2.55 bits per heavy atom. The van der Waals surface area contributed by atoms with Gasteiger partial charge in [0.2, 0.25) is 5.91 Å². The molecule has 0 saturated carbocycles. The number of unbranched alkanes of at least 4 members (excludes halogenated alkanes) is 1. The van der Waals surface area contributed by atoms with E-state index in [0.717, 1.165) is 37.0 Å². The molecule has 0 aliphatic carbocycles. The van der Waals surface area contributed by atoms with E-state index in [2.05, 4.69) is 5.32 Å². The fraction of sp³-hybridized carbons (Fsp3) is 0.467. The summed E-state index contributed by atoms with van der Waals surface area (Å²) in [6.45, 7) is 0.685. The topological polar surface area (TPSA) is 64.3 Å². The predicted molar refractivity (Wildman–Crippen MR) is 85.0 cm³/mol. The minimum absolute atomic E-state index is 0.0798. The number of hydrogen-bond donors (Lipinski definition) is 2. The van der Waals surface area contributed by atoms with Gasteiger partial charge < -0.3 is 15.8 Å². The molecule has 0 aliphatic rings. The lowest BCUT2D eigenvalue weighted by molar-refractivity contribution is -0.121. The van der Waals surface area contributed by atoms with E-state index in [1.807, 2.05) is 24.3 Å². The van der Waals surface area contributed by atoms with E-state index in [0.29, 0.717) is 18.0 Å². The van der Waals surface area contributed by atoms with Crippen molar-refractivity contribution in [3.05, 3.63) is 29.8 Å². The lowest BCUT2D eigenvalue weighted by Gasteiger charge is -2.06. The van der Waals surface area contributed by atoms with Gasteiger partial charge in [0.15, 0.2) is 0 Å². The molecule has 0 unspecified atom stereocenters. The first-order valence-corrected chi connectivity index (χ1v) is 7.20. The Bertz CT molecular complexity index is 432. The van der Waals surface area contributed by atoms with E-state index in [9.17, 15) is 4.79 Å². The van der Waals surface area contributed by atoms with Crippen LogP contribution in [0.15, 0.2) is 24.3 Å². The highest BCUT2D eigenvalue weighted by molar-refractivity contribution is 7.80. The van der Waals surface area contributed by atoms with Gasteiger partial charge in [0, 0.05) is 13.0 Å². The quantitative estimate of drug-likeness (QED) is 0.541. The fourth-order valence-electron chi connectivity index (χ4n) is 1.79. The molecule has 0 fully saturated rings. The summed E-state index contributed by atoms with van der Waals surface area (Å²) >= 11 is 4.79. The average molecular weight is 294 g/mol. The molecule has 5 heteroatoms. The molecule has 1 aromatic carbocycles. The molecule has 0 aliphatic heterocycles. The van der Waals surface area contributed by atoms with E-state index in [-0.39, 0.29) is 5.91 Å². The summed E-state index contributed by atoms with van der Waals surface area (Å²) in [6, 6.07) is 7.77. The number of rotatable bonds is 9. The molecule has 0 aromatic heterocycles. The smallest absolute Gasteiger partial charge is 0.220 e. The standard InChI is InChI=1S/C15H22N2O2S/c1-19-13-8-5-12(6-9-13)7-10-15(18)17-11-3-2-4-14(16)20/h5-6,8-9H,2-4,7,10-11H2,1H3,(H2,16,20)(H,17,18). The van der Waals surface area contributed by atoms with Gasteiger partial charge in [-0.25, -0.2) is 0 Å². The van der Waals surface area contributed by atoms with Crippen LogP contribution in [0.5, 0.6) is 5.75 Å². The third-order valence-corrected chi connectivity index (χ3v) is 3.18. The van der Waals surface area contributed by atoms with E-state index in [1.54, 1.807) is 7.11 Å². The SMILES string of the molecule is COc1ccc(CCC(=O)NCCCCC(N)=S)cc1. The van der Waals surface area contributed by atoms with Gasteiger partial charge in [0.05, 0.1) is 12.1 Å². The van der Waals surface area contributed by atoms with E-state index in [1.165, 1.54) is 0 Å². The van der Waals surface area contributed by atoms with Crippen molar-refractivity contribution in [3.8, 4) is 5.75 Å². The zero-order valence-electron chi connectivity index (χ0n) is 11.9.